The Hall–Kier alpha value is -1.07. The van der Waals surface area contributed by atoms with Crippen molar-refractivity contribution in [3.8, 4) is 0 Å². The molecule has 5 nitrogen and oxygen atoms in total. The molecule has 0 aliphatic heterocycles. The summed E-state index contributed by atoms with van der Waals surface area (Å²) in [5.74, 6) is 5.11. The molecular formula is C33H57NO4. The van der Waals surface area contributed by atoms with Gasteiger partial charge in [-0.3, -0.25) is 0 Å². The van der Waals surface area contributed by atoms with Crippen LogP contribution in [0.3, 0.4) is 0 Å². The van der Waals surface area contributed by atoms with E-state index in [1.165, 1.54) is 51.4 Å². The normalized spacial score (nSPS) is 37.1. The third kappa shape index (κ3) is 6.45. The van der Waals surface area contributed by atoms with Crippen molar-refractivity contribution >= 4 is 6.09 Å². The van der Waals surface area contributed by atoms with Gasteiger partial charge in [-0.2, -0.15) is 0 Å². The lowest BCUT2D eigenvalue weighted by Crippen LogP contribution is -2.51. The smallest absolute Gasteiger partial charge is 0.407 e. The van der Waals surface area contributed by atoms with Crippen molar-refractivity contribution in [1.29, 1.82) is 0 Å². The lowest BCUT2D eigenvalue weighted by atomic mass is 9.47. The van der Waals surface area contributed by atoms with Gasteiger partial charge in [-0.25, -0.2) is 4.79 Å². The van der Waals surface area contributed by atoms with E-state index in [-0.39, 0.29) is 24.2 Å². The number of aliphatic hydroxyl groups is 1. The summed E-state index contributed by atoms with van der Waals surface area (Å²) in [6.45, 7) is 14.0. The maximum absolute atomic E-state index is 12.4. The van der Waals surface area contributed by atoms with Gasteiger partial charge in [0.2, 0.25) is 0 Å². The molecule has 4 aliphatic rings. The van der Waals surface area contributed by atoms with Gasteiger partial charge in [0, 0.05) is 19.6 Å². The fraction of sp³-hybridized carbons (Fsp3) is 0.909. The number of aliphatic hydroxyl groups excluding tert-OH is 1. The monoisotopic (exact) mass is 531 g/mol. The Morgan fingerprint density at radius 3 is 2.63 bits per heavy atom. The minimum Gasteiger partial charge on any atom is -0.446 e. The number of hydrogen-bond donors (Lipinski definition) is 2. The fourth-order valence-corrected chi connectivity index (χ4v) is 9.48. The maximum atomic E-state index is 12.4. The number of carbonyl (C=O) groups excluding carboxylic acids is 1. The van der Waals surface area contributed by atoms with Crippen LogP contribution >= 0.6 is 0 Å². The Labute approximate surface area is 232 Å². The first-order chi connectivity index (χ1) is 18.2. The van der Waals surface area contributed by atoms with Gasteiger partial charge in [0.05, 0.1) is 13.2 Å². The largest absolute Gasteiger partial charge is 0.446 e. The topological polar surface area (TPSA) is 67.8 Å². The molecule has 218 valence electrons. The standard InChI is InChI=1S/C33H57NO4/c1-23(2)8-6-9-24(3)28-12-13-29-27-11-10-25-22-26(38-31(36)34-18-7-20-37-21-19-35)14-16-32(25,4)30(27)15-17-33(28,29)5/h10,23-24,26-30,35H,6-9,11-22H2,1-5H3,(H,34,36)/t24-,26-,27?,28?,29?,30?,32-,33+/m0/s1. The molecule has 38 heavy (non-hydrogen) atoms. The molecule has 2 N–H and O–H groups in total. The molecule has 4 rings (SSSR count). The van der Waals surface area contributed by atoms with Crippen molar-refractivity contribution in [3.05, 3.63) is 11.6 Å². The van der Waals surface area contributed by atoms with E-state index < -0.39 is 0 Å². The van der Waals surface area contributed by atoms with Crippen molar-refractivity contribution in [1.82, 2.24) is 5.32 Å². The molecule has 3 fully saturated rings. The van der Waals surface area contributed by atoms with Gasteiger partial charge < -0.3 is 19.9 Å². The number of nitrogens with one attached hydrogen (secondary N) is 1. The molecule has 0 aromatic carbocycles. The van der Waals surface area contributed by atoms with Crippen LogP contribution in [-0.4, -0.2) is 43.7 Å². The van der Waals surface area contributed by atoms with Crippen LogP contribution in [0.25, 0.3) is 0 Å². The van der Waals surface area contributed by atoms with Gasteiger partial charge in [0.25, 0.3) is 0 Å². The predicted octanol–water partition coefficient (Wildman–Crippen LogP) is 7.52. The van der Waals surface area contributed by atoms with Crippen molar-refractivity contribution in [2.45, 2.75) is 118 Å². The number of rotatable bonds is 12. The molecule has 3 saturated carbocycles. The SMILES string of the molecule is CC(C)CCC[C@H](C)C1CCC2C3CC=C4C[C@@H](OC(=O)NCCCOCCO)CC[C@]4(C)C3CC[C@@]21C. The zero-order chi connectivity index (χ0) is 27.3. The number of allylic oxidation sites excluding steroid dienone is 1. The van der Waals surface area contributed by atoms with Crippen LogP contribution in [0.5, 0.6) is 0 Å². The quantitative estimate of drug-likeness (QED) is 0.202. The number of hydrogen-bond acceptors (Lipinski definition) is 4. The van der Waals surface area contributed by atoms with Crippen LogP contribution < -0.4 is 5.32 Å². The van der Waals surface area contributed by atoms with Gasteiger partial charge in [-0.15, -0.1) is 0 Å². The van der Waals surface area contributed by atoms with Gasteiger partial charge >= 0.3 is 6.09 Å². The second-order valence-electron chi connectivity index (χ2n) is 14.2. The van der Waals surface area contributed by atoms with E-state index in [1.54, 1.807) is 5.57 Å². The molecule has 0 saturated heterocycles. The summed E-state index contributed by atoms with van der Waals surface area (Å²) in [5, 5.41) is 11.6. The molecule has 1 amide bonds. The molecular weight excluding hydrogens is 474 g/mol. The van der Waals surface area contributed by atoms with Gasteiger partial charge in [0.15, 0.2) is 0 Å². The highest BCUT2D eigenvalue weighted by Crippen LogP contribution is 2.67. The molecule has 5 heteroatoms. The number of amides is 1. The Morgan fingerprint density at radius 2 is 1.87 bits per heavy atom. The lowest BCUT2D eigenvalue weighted by molar-refractivity contribution is -0.0581. The van der Waals surface area contributed by atoms with Crippen LogP contribution in [0, 0.1) is 46.3 Å². The summed E-state index contributed by atoms with van der Waals surface area (Å²) in [4.78, 5) is 12.4. The summed E-state index contributed by atoms with van der Waals surface area (Å²) in [6, 6.07) is 0. The van der Waals surface area contributed by atoms with Crippen molar-refractivity contribution in [2.75, 3.05) is 26.4 Å². The number of fused-ring (bicyclic) bond motifs is 5. The third-order valence-electron chi connectivity index (χ3n) is 11.5. The highest BCUT2D eigenvalue weighted by Gasteiger charge is 2.59. The molecule has 4 unspecified atom stereocenters. The summed E-state index contributed by atoms with van der Waals surface area (Å²) < 4.78 is 11.1. The molecule has 8 atom stereocenters. The Morgan fingerprint density at radius 1 is 1.05 bits per heavy atom. The molecule has 0 aromatic rings. The molecule has 0 radical (unpaired) electrons. The van der Waals surface area contributed by atoms with E-state index in [2.05, 4.69) is 46.0 Å². The van der Waals surface area contributed by atoms with E-state index >= 15 is 0 Å². The second-order valence-corrected chi connectivity index (χ2v) is 14.2. The highest BCUT2D eigenvalue weighted by atomic mass is 16.6. The Kier molecular flexibility index (Phi) is 10.3. The summed E-state index contributed by atoms with van der Waals surface area (Å²) in [7, 11) is 0. The second kappa shape index (κ2) is 13.1. The average molecular weight is 532 g/mol. The van der Waals surface area contributed by atoms with Crippen LogP contribution in [0.4, 0.5) is 4.79 Å². The van der Waals surface area contributed by atoms with Crippen LogP contribution in [0.2, 0.25) is 0 Å². The van der Waals surface area contributed by atoms with E-state index in [1.807, 2.05) is 0 Å². The minimum absolute atomic E-state index is 0.00656. The minimum atomic E-state index is -0.303. The van der Waals surface area contributed by atoms with E-state index in [0.717, 1.165) is 61.2 Å². The number of alkyl carbamates (subject to hydrolysis) is 1. The first-order valence-electron chi connectivity index (χ1n) is 16.0. The Bertz CT molecular complexity index is 811. The predicted molar refractivity (Wildman–Crippen MR) is 154 cm³/mol. The zero-order valence-electron chi connectivity index (χ0n) is 25.1. The van der Waals surface area contributed by atoms with E-state index in [4.69, 9.17) is 14.6 Å². The van der Waals surface area contributed by atoms with Crippen molar-refractivity contribution < 1.29 is 19.4 Å². The molecule has 4 aliphatic carbocycles. The van der Waals surface area contributed by atoms with Gasteiger partial charge in [-0.05, 0) is 97.7 Å². The van der Waals surface area contributed by atoms with Crippen LogP contribution in [0.15, 0.2) is 11.6 Å². The highest BCUT2D eigenvalue weighted by molar-refractivity contribution is 5.67. The zero-order valence-corrected chi connectivity index (χ0v) is 25.1. The number of carbonyl (C=O) groups is 1. The summed E-state index contributed by atoms with van der Waals surface area (Å²) in [6.07, 6.45) is 17.1. The van der Waals surface area contributed by atoms with Crippen LogP contribution in [0.1, 0.15) is 112 Å². The molecule has 0 aromatic heterocycles. The summed E-state index contributed by atoms with van der Waals surface area (Å²) >= 11 is 0. The number of ether oxygens (including phenoxy) is 2. The van der Waals surface area contributed by atoms with Crippen molar-refractivity contribution in [2.24, 2.45) is 46.3 Å². The lowest BCUT2D eigenvalue weighted by Gasteiger charge is -2.58. The summed E-state index contributed by atoms with van der Waals surface area (Å²) in [5.41, 5.74) is 2.38. The first-order valence-corrected chi connectivity index (χ1v) is 16.0. The average Bonchev–Trinajstić information content (AvgIpc) is 3.23. The van der Waals surface area contributed by atoms with Gasteiger partial charge in [-0.1, -0.05) is 65.5 Å². The molecule has 0 heterocycles. The van der Waals surface area contributed by atoms with Gasteiger partial charge in [0.1, 0.15) is 6.10 Å². The fourth-order valence-electron chi connectivity index (χ4n) is 9.48. The van der Waals surface area contributed by atoms with E-state index in [0.29, 0.717) is 25.2 Å². The van der Waals surface area contributed by atoms with E-state index in [9.17, 15) is 4.79 Å². The van der Waals surface area contributed by atoms with Crippen molar-refractivity contribution in [3.63, 3.8) is 0 Å². The maximum Gasteiger partial charge on any atom is 0.407 e. The molecule has 0 bridgehead atoms. The first kappa shape index (κ1) is 29.9. The Balaban J connectivity index is 1.31. The third-order valence-corrected chi connectivity index (χ3v) is 11.5. The van der Waals surface area contributed by atoms with Crippen LogP contribution in [-0.2, 0) is 9.47 Å². The molecule has 0 spiro atoms.